The van der Waals surface area contributed by atoms with Crippen LogP contribution in [0, 0.1) is 13.8 Å². The smallest absolute Gasteiger partial charge is 0.416 e. The van der Waals surface area contributed by atoms with Crippen LogP contribution in [0.25, 0.3) is 5.69 Å². The molecule has 0 unspecified atom stereocenters. The molecule has 0 aliphatic carbocycles. The summed E-state index contributed by atoms with van der Waals surface area (Å²) in [5, 5.41) is 1.90. The Labute approximate surface area is 194 Å². The SMILES string of the molecule is COC(=O)c1cc(C(F)(F)F)cc(C(F)(F)F)c1.COC(=O)c1sccc1-n1c(C)ccc1C. The fraction of sp³-hybridized carbons (Fsp3) is 0.273. The Balaban J connectivity index is 0.000000241. The number of carbonyl (C=O) groups is 2. The summed E-state index contributed by atoms with van der Waals surface area (Å²) >= 11 is 1.40. The van der Waals surface area contributed by atoms with Crippen molar-refractivity contribution in [2.45, 2.75) is 26.2 Å². The van der Waals surface area contributed by atoms with Crippen molar-refractivity contribution < 1.29 is 45.4 Å². The molecular formula is C22H19F6NO4S. The molecule has 184 valence electrons. The molecule has 0 radical (unpaired) electrons. The van der Waals surface area contributed by atoms with E-state index in [1.54, 1.807) is 0 Å². The zero-order chi connectivity index (χ0) is 25.8. The highest BCUT2D eigenvalue weighted by molar-refractivity contribution is 7.12. The number of methoxy groups -OCH3 is 2. The molecule has 0 spiro atoms. The second-order valence-electron chi connectivity index (χ2n) is 6.86. The van der Waals surface area contributed by atoms with Gasteiger partial charge in [-0.25, -0.2) is 9.59 Å². The van der Waals surface area contributed by atoms with Crippen molar-refractivity contribution in [3.63, 3.8) is 0 Å². The van der Waals surface area contributed by atoms with Crippen LogP contribution in [0.4, 0.5) is 26.3 Å². The van der Waals surface area contributed by atoms with Crippen LogP contribution in [-0.4, -0.2) is 30.7 Å². The topological polar surface area (TPSA) is 57.5 Å². The largest absolute Gasteiger partial charge is 0.465 e. The number of halogens is 6. The summed E-state index contributed by atoms with van der Waals surface area (Å²) in [6, 6.07) is 6.56. The van der Waals surface area contributed by atoms with Crippen LogP contribution in [0.15, 0.2) is 41.8 Å². The van der Waals surface area contributed by atoms with Gasteiger partial charge in [-0.15, -0.1) is 11.3 Å². The number of hydrogen-bond acceptors (Lipinski definition) is 5. The highest BCUT2D eigenvalue weighted by Gasteiger charge is 2.37. The van der Waals surface area contributed by atoms with Crippen LogP contribution < -0.4 is 0 Å². The van der Waals surface area contributed by atoms with Gasteiger partial charge in [0, 0.05) is 11.4 Å². The molecule has 0 aliphatic rings. The predicted molar refractivity (Wildman–Crippen MR) is 112 cm³/mol. The summed E-state index contributed by atoms with van der Waals surface area (Å²) in [5.74, 6) is -1.55. The van der Waals surface area contributed by atoms with Crippen molar-refractivity contribution in [2.75, 3.05) is 14.2 Å². The Hall–Kier alpha value is -3.28. The molecule has 0 atom stereocenters. The number of ether oxygens (including phenoxy) is 2. The van der Waals surface area contributed by atoms with Crippen LogP contribution in [0.1, 0.15) is 42.5 Å². The van der Waals surface area contributed by atoms with E-state index in [1.165, 1.54) is 18.4 Å². The summed E-state index contributed by atoms with van der Waals surface area (Å²) in [7, 11) is 2.26. The number of thiophene rings is 1. The van der Waals surface area contributed by atoms with Crippen LogP contribution in [0.3, 0.4) is 0 Å². The fourth-order valence-corrected chi connectivity index (χ4v) is 3.76. The minimum absolute atomic E-state index is 0.0631. The molecule has 2 heterocycles. The Bertz CT molecular complexity index is 1130. The lowest BCUT2D eigenvalue weighted by atomic mass is 10.0. The Morgan fingerprint density at radius 2 is 1.26 bits per heavy atom. The number of hydrogen-bond donors (Lipinski definition) is 0. The van der Waals surface area contributed by atoms with Crippen molar-refractivity contribution >= 4 is 23.3 Å². The molecule has 3 rings (SSSR count). The van der Waals surface area contributed by atoms with E-state index >= 15 is 0 Å². The molecule has 0 fully saturated rings. The molecule has 12 heteroatoms. The third kappa shape index (κ3) is 6.19. The zero-order valence-corrected chi connectivity index (χ0v) is 19.1. The molecule has 3 aromatic rings. The van der Waals surface area contributed by atoms with Gasteiger partial charge in [-0.2, -0.15) is 26.3 Å². The van der Waals surface area contributed by atoms with Crippen molar-refractivity contribution in [2.24, 2.45) is 0 Å². The average molecular weight is 507 g/mol. The molecule has 2 aromatic heterocycles. The van der Waals surface area contributed by atoms with Crippen molar-refractivity contribution in [3.8, 4) is 5.69 Å². The molecule has 0 aliphatic heterocycles. The van der Waals surface area contributed by atoms with Crippen molar-refractivity contribution in [3.05, 3.63) is 74.7 Å². The first-order chi connectivity index (χ1) is 15.7. The van der Waals surface area contributed by atoms with E-state index in [0.29, 0.717) is 17.0 Å². The molecular weight excluding hydrogens is 488 g/mol. The monoisotopic (exact) mass is 507 g/mol. The minimum Gasteiger partial charge on any atom is -0.465 e. The number of alkyl halides is 6. The van der Waals surface area contributed by atoms with Gasteiger partial charge in [-0.1, -0.05) is 0 Å². The molecule has 0 saturated carbocycles. The normalized spacial score (nSPS) is 11.5. The van der Waals surface area contributed by atoms with Gasteiger partial charge in [0.25, 0.3) is 0 Å². The van der Waals surface area contributed by atoms with Crippen LogP contribution in [0.5, 0.6) is 0 Å². The van der Waals surface area contributed by atoms with Gasteiger partial charge in [-0.05, 0) is 55.6 Å². The van der Waals surface area contributed by atoms with Crippen LogP contribution in [-0.2, 0) is 21.8 Å². The van der Waals surface area contributed by atoms with Crippen LogP contribution >= 0.6 is 11.3 Å². The summed E-state index contributed by atoms with van der Waals surface area (Å²) < 4.78 is 85.2. The first-order valence-electron chi connectivity index (χ1n) is 9.39. The standard InChI is InChI=1S/C12H13NO2S.C10H6F6O2/c1-8-4-5-9(2)13(8)10-6-7-16-11(10)12(14)15-3;1-18-8(17)5-2-6(9(11,12)13)4-7(3-5)10(14,15)16/h4-7H,1-3H3;2-4H,1H3. The molecule has 0 amide bonds. The summed E-state index contributed by atoms with van der Waals surface area (Å²) in [6.45, 7) is 4.04. The van der Waals surface area contributed by atoms with E-state index in [2.05, 4.69) is 9.30 Å². The van der Waals surface area contributed by atoms with Gasteiger partial charge in [0.1, 0.15) is 4.88 Å². The van der Waals surface area contributed by atoms with E-state index in [9.17, 15) is 35.9 Å². The number of aryl methyl sites for hydroxylation is 2. The third-order valence-corrected chi connectivity index (χ3v) is 5.42. The number of benzene rings is 1. The third-order valence-electron chi connectivity index (χ3n) is 4.54. The molecule has 34 heavy (non-hydrogen) atoms. The molecule has 0 bridgehead atoms. The van der Waals surface area contributed by atoms with Gasteiger partial charge < -0.3 is 14.0 Å². The highest BCUT2D eigenvalue weighted by atomic mass is 32.1. The molecule has 0 N–H and O–H groups in total. The first kappa shape index (κ1) is 27.0. The van der Waals surface area contributed by atoms with E-state index in [4.69, 9.17) is 4.74 Å². The summed E-state index contributed by atoms with van der Waals surface area (Å²) in [6.07, 6.45) is -9.96. The number of nitrogens with zero attached hydrogens (tertiary/aromatic N) is 1. The van der Waals surface area contributed by atoms with Gasteiger partial charge in [0.15, 0.2) is 0 Å². The predicted octanol–water partition coefficient (Wildman–Crippen LogP) is 6.45. The van der Waals surface area contributed by atoms with Gasteiger partial charge in [-0.3, -0.25) is 0 Å². The van der Waals surface area contributed by atoms with Crippen molar-refractivity contribution in [1.82, 2.24) is 4.57 Å². The number of carbonyl (C=O) groups excluding carboxylic acids is 2. The number of rotatable bonds is 3. The van der Waals surface area contributed by atoms with Crippen LogP contribution in [0.2, 0.25) is 0 Å². The first-order valence-corrected chi connectivity index (χ1v) is 10.3. The maximum absolute atomic E-state index is 12.4. The van der Waals surface area contributed by atoms with E-state index in [1.807, 2.05) is 37.4 Å². The Morgan fingerprint density at radius 3 is 1.68 bits per heavy atom. The van der Waals surface area contributed by atoms with Crippen molar-refractivity contribution in [1.29, 1.82) is 0 Å². The molecule has 1 aromatic carbocycles. The van der Waals surface area contributed by atoms with Gasteiger partial charge in [0.05, 0.1) is 36.6 Å². The molecule has 5 nitrogen and oxygen atoms in total. The maximum atomic E-state index is 12.4. The zero-order valence-electron chi connectivity index (χ0n) is 18.3. The highest BCUT2D eigenvalue weighted by Crippen LogP contribution is 2.36. The maximum Gasteiger partial charge on any atom is 0.416 e. The second-order valence-corrected chi connectivity index (χ2v) is 7.78. The number of esters is 2. The lowest BCUT2D eigenvalue weighted by molar-refractivity contribution is -0.143. The van der Waals surface area contributed by atoms with E-state index < -0.39 is 35.0 Å². The lowest BCUT2D eigenvalue weighted by Gasteiger charge is -2.13. The lowest BCUT2D eigenvalue weighted by Crippen LogP contribution is -2.14. The minimum atomic E-state index is -4.98. The van der Waals surface area contributed by atoms with Gasteiger partial charge >= 0.3 is 24.3 Å². The summed E-state index contributed by atoms with van der Waals surface area (Å²) in [5.41, 5.74) is -0.797. The quantitative estimate of drug-likeness (QED) is 0.302. The van der Waals surface area contributed by atoms with E-state index in [-0.39, 0.29) is 12.0 Å². The second kappa shape index (κ2) is 10.3. The van der Waals surface area contributed by atoms with Gasteiger partial charge in [0.2, 0.25) is 0 Å². The number of aromatic nitrogens is 1. The molecule has 0 saturated heterocycles. The Kier molecular flexibility index (Phi) is 8.19. The van der Waals surface area contributed by atoms with E-state index in [0.717, 1.165) is 24.2 Å². The average Bonchev–Trinajstić information content (AvgIpc) is 3.37. The fourth-order valence-electron chi connectivity index (χ4n) is 2.96. The summed E-state index contributed by atoms with van der Waals surface area (Å²) in [4.78, 5) is 23.2. The Morgan fingerprint density at radius 1 is 0.794 bits per heavy atom.